The molecule has 0 amide bonds. The van der Waals surface area contributed by atoms with Gasteiger partial charge in [0.25, 0.3) is 0 Å². The van der Waals surface area contributed by atoms with E-state index >= 15 is 0 Å². The number of aliphatic hydroxyl groups is 1. The molecule has 0 radical (unpaired) electrons. The Balaban J connectivity index is 2.07. The Labute approximate surface area is 80.7 Å². The molecule has 1 saturated heterocycles. The minimum atomic E-state index is -0.601. The van der Waals surface area contributed by atoms with Gasteiger partial charge in [-0.1, -0.05) is 0 Å². The Morgan fingerprint density at radius 2 is 2.43 bits per heavy atom. The molecule has 76 valence electrons. The highest BCUT2D eigenvalue weighted by Gasteiger charge is 2.26. The number of rotatable bonds is 2. The van der Waals surface area contributed by atoms with Gasteiger partial charge in [-0.3, -0.25) is 0 Å². The average molecular weight is 198 g/mol. The fourth-order valence-corrected chi connectivity index (χ4v) is 1.35. The largest absolute Gasteiger partial charge is 0.388 e. The topological polar surface area (TPSA) is 54.4 Å². The maximum Gasteiger partial charge on any atom is 0.165 e. The molecule has 5 heteroatoms. The molecule has 0 aliphatic carbocycles. The van der Waals surface area contributed by atoms with Crippen LogP contribution in [-0.2, 0) is 4.74 Å². The monoisotopic (exact) mass is 198 g/mol. The van der Waals surface area contributed by atoms with Crippen molar-refractivity contribution in [1.29, 1.82) is 0 Å². The second kappa shape index (κ2) is 3.89. The summed E-state index contributed by atoms with van der Waals surface area (Å²) in [5, 5.41) is 12.2. The highest BCUT2D eigenvalue weighted by molar-refractivity contribution is 5.37. The van der Waals surface area contributed by atoms with Crippen LogP contribution in [0.15, 0.2) is 18.3 Å². The average Bonchev–Trinajstić information content (AvgIpc) is 2.56. The molecule has 1 aliphatic heterocycles. The number of anilines is 1. The number of ether oxygens (including phenoxy) is 1. The van der Waals surface area contributed by atoms with Crippen molar-refractivity contribution < 1.29 is 14.2 Å². The number of hydrogen-bond donors (Lipinski definition) is 2. The van der Waals surface area contributed by atoms with E-state index in [1.54, 1.807) is 0 Å². The maximum absolute atomic E-state index is 13.1. The van der Waals surface area contributed by atoms with E-state index in [0.717, 1.165) is 0 Å². The Morgan fingerprint density at radius 1 is 1.57 bits per heavy atom. The zero-order chi connectivity index (χ0) is 9.97. The van der Waals surface area contributed by atoms with Crippen molar-refractivity contribution in [3.05, 3.63) is 24.1 Å². The molecule has 2 atom stereocenters. The van der Waals surface area contributed by atoms with Crippen molar-refractivity contribution in [3.8, 4) is 0 Å². The molecule has 14 heavy (non-hydrogen) atoms. The highest BCUT2D eigenvalue weighted by Crippen LogP contribution is 2.14. The first kappa shape index (κ1) is 9.36. The molecule has 4 nitrogen and oxygen atoms in total. The van der Waals surface area contributed by atoms with Gasteiger partial charge in [-0.05, 0) is 12.1 Å². The van der Waals surface area contributed by atoms with E-state index in [-0.39, 0.29) is 18.5 Å². The van der Waals surface area contributed by atoms with Crippen LogP contribution >= 0.6 is 0 Å². The number of nitrogens with one attached hydrogen (secondary N) is 1. The molecule has 0 unspecified atom stereocenters. The van der Waals surface area contributed by atoms with Crippen molar-refractivity contribution in [3.63, 3.8) is 0 Å². The molecule has 2 rings (SSSR count). The molecule has 1 aromatic rings. The molecule has 0 spiro atoms. The Kier molecular flexibility index (Phi) is 2.60. The second-order valence-electron chi connectivity index (χ2n) is 3.19. The maximum atomic E-state index is 13.1. The van der Waals surface area contributed by atoms with Crippen molar-refractivity contribution >= 4 is 5.82 Å². The fraction of sp³-hybridized carbons (Fsp3) is 0.444. The molecular weight excluding hydrogens is 187 g/mol. The summed E-state index contributed by atoms with van der Waals surface area (Å²) in [6.45, 7) is 0.656. The molecule has 1 aliphatic rings. The lowest BCUT2D eigenvalue weighted by molar-refractivity contribution is 0.125. The van der Waals surface area contributed by atoms with E-state index < -0.39 is 11.9 Å². The third kappa shape index (κ3) is 1.83. The summed E-state index contributed by atoms with van der Waals surface area (Å²) in [7, 11) is 0. The number of halogens is 1. The lowest BCUT2D eigenvalue weighted by atomic mass is 10.2. The van der Waals surface area contributed by atoms with Crippen LogP contribution in [0.25, 0.3) is 0 Å². The zero-order valence-corrected chi connectivity index (χ0v) is 7.48. The van der Waals surface area contributed by atoms with Gasteiger partial charge in [0, 0.05) is 6.20 Å². The van der Waals surface area contributed by atoms with Crippen LogP contribution < -0.4 is 5.32 Å². The zero-order valence-electron chi connectivity index (χ0n) is 7.48. The Morgan fingerprint density at radius 3 is 3.07 bits per heavy atom. The van der Waals surface area contributed by atoms with Gasteiger partial charge in [0.2, 0.25) is 0 Å². The predicted molar refractivity (Wildman–Crippen MR) is 48.4 cm³/mol. The molecule has 0 bridgehead atoms. The third-order valence-corrected chi connectivity index (χ3v) is 2.13. The van der Waals surface area contributed by atoms with Crippen LogP contribution in [0.3, 0.4) is 0 Å². The summed E-state index contributed by atoms with van der Waals surface area (Å²) < 4.78 is 18.1. The minimum Gasteiger partial charge on any atom is -0.388 e. The summed E-state index contributed by atoms with van der Waals surface area (Å²) in [6.07, 6.45) is 0.893. The van der Waals surface area contributed by atoms with Crippen molar-refractivity contribution in [2.45, 2.75) is 12.1 Å². The van der Waals surface area contributed by atoms with E-state index in [1.807, 2.05) is 0 Å². The fourth-order valence-electron chi connectivity index (χ4n) is 1.35. The van der Waals surface area contributed by atoms with Gasteiger partial charge in [0.05, 0.1) is 25.4 Å². The van der Waals surface area contributed by atoms with Gasteiger partial charge < -0.3 is 15.2 Å². The van der Waals surface area contributed by atoms with Gasteiger partial charge in [-0.25, -0.2) is 9.37 Å². The molecular formula is C9H11FN2O2. The van der Waals surface area contributed by atoms with Crippen LogP contribution in [0.5, 0.6) is 0 Å². The van der Waals surface area contributed by atoms with Crippen LogP contribution in [0.4, 0.5) is 10.2 Å². The quantitative estimate of drug-likeness (QED) is 0.722. The number of hydrogen-bond acceptors (Lipinski definition) is 4. The summed E-state index contributed by atoms with van der Waals surface area (Å²) in [6, 6.07) is 2.55. The molecule has 1 fully saturated rings. The Bertz CT molecular complexity index is 321. The lowest BCUT2D eigenvalue weighted by Gasteiger charge is -2.15. The third-order valence-electron chi connectivity index (χ3n) is 2.13. The second-order valence-corrected chi connectivity index (χ2v) is 3.19. The van der Waals surface area contributed by atoms with Crippen LogP contribution in [0, 0.1) is 5.82 Å². The van der Waals surface area contributed by atoms with E-state index in [0.29, 0.717) is 6.61 Å². The minimum absolute atomic E-state index is 0.155. The molecule has 1 aromatic heterocycles. The molecule has 2 N–H and O–H groups in total. The van der Waals surface area contributed by atoms with Crippen molar-refractivity contribution in [2.75, 3.05) is 18.5 Å². The van der Waals surface area contributed by atoms with Crippen molar-refractivity contribution in [2.24, 2.45) is 0 Å². The number of nitrogens with zero attached hydrogens (tertiary/aromatic N) is 1. The summed E-state index contributed by atoms with van der Waals surface area (Å²) >= 11 is 0. The molecule has 0 aromatic carbocycles. The van der Waals surface area contributed by atoms with E-state index in [9.17, 15) is 9.50 Å². The molecule has 0 saturated carbocycles. The number of aromatic nitrogens is 1. The van der Waals surface area contributed by atoms with Crippen LogP contribution in [0.1, 0.15) is 0 Å². The summed E-state index contributed by atoms with van der Waals surface area (Å²) in [4.78, 5) is 3.82. The SMILES string of the molecule is O[C@@H]1COC[C@H]1Nc1ncccc1F. The normalized spacial score (nSPS) is 26.4. The standard InChI is InChI=1S/C9H11FN2O2/c10-6-2-1-3-11-9(6)12-7-4-14-5-8(7)13/h1-3,7-8,13H,4-5H2,(H,11,12)/t7-,8-/m1/s1. The van der Waals surface area contributed by atoms with Gasteiger partial charge in [0.1, 0.15) is 0 Å². The first-order chi connectivity index (χ1) is 6.77. The highest BCUT2D eigenvalue weighted by atomic mass is 19.1. The summed E-state index contributed by atoms with van der Waals surface area (Å²) in [5.41, 5.74) is 0. The van der Waals surface area contributed by atoms with Gasteiger partial charge in [-0.2, -0.15) is 0 Å². The van der Waals surface area contributed by atoms with E-state index in [4.69, 9.17) is 4.74 Å². The predicted octanol–water partition coefficient (Wildman–Crippen LogP) is 0.392. The van der Waals surface area contributed by atoms with Gasteiger partial charge >= 0.3 is 0 Å². The number of aliphatic hydroxyl groups excluding tert-OH is 1. The summed E-state index contributed by atoms with van der Waals surface area (Å²) in [5.74, 6) is -0.270. The van der Waals surface area contributed by atoms with Gasteiger partial charge in [-0.15, -0.1) is 0 Å². The molecule has 2 heterocycles. The number of pyridine rings is 1. The van der Waals surface area contributed by atoms with Crippen LogP contribution in [0.2, 0.25) is 0 Å². The first-order valence-electron chi connectivity index (χ1n) is 4.40. The van der Waals surface area contributed by atoms with E-state index in [2.05, 4.69) is 10.3 Å². The van der Waals surface area contributed by atoms with E-state index in [1.165, 1.54) is 18.3 Å². The van der Waals surface area contributed by atoms with Crippen molar-refractivity contribution in [1.82, 2.24) is 4.98 Å². The lowest BCUT2D eigenvalue weighted by Crippen LogP contribution is -2.32. The van der Waals surface area contributed by atoms with Gasteiger partial charge in [0.15, 0.2) is 11.6 Å². The smallest absolute Gasteiger partial charge is 0.165 e. The van der Waals surface area contributed by atoms with Crippen LogP contribution in [-0.4, -0.2) is 35.5 Å². The Hall–Kier alpha value is -1.20. The first-order valence-corrected chi connectivity index (χ1v) is 4.40.